The van der Waals surface area contributed by atoms with Gasteiger partial charge in [0.25, 0.3) is 0 Å². The molecule has 0 amide bonds. The standard InChI is InChI=1S/C44H28N2/c1-2-12-35-29(10-1)11-9-17-36(35)44-39-15-5-3-13-37(39)43(38-14-4-6-16-40(38)44)34-22-20-30-26-32(21-19-31(30)27-34)42-28-33(23-25-46-42)41-18-7-8-24-45-41/h1-28H. The lowest BCUT2D eigenvalue weighted by molar-refractivity contribution is 1.29. The van der Waals surface area contributed by atoms with Crippen LogP contribution >= 0.6 is 0 Å². The van der Waals surface area contributed by atoms with Crippen molar-refractivity contribution in [3.63, 3.8) is 0 Å². The summed E-state index contributed by atoms with van der Waals surface area (Å²) in [5, 5.41) is 9.97. The van der Waals surface area contributed by atoms with Gasteiger partial charge in [-0.3, -0.25) is 9.97 Å². The van der Waals surface area contributed by atoms with E-state index in [4.69, 9.17) is 4.98 Å². The summed E-state index contributed by atoms with van der Waals surface area (Å²) in [7, 11) is 0. The first kappa shape index (κ1) is 26.3. The zero-order valence-corrected chi connectivity index (χ0v) is 25.1. The Bertz CT molecular complexity index is 2520. The first-order valence-electron chi connectivity index (χ1n) is 15.7. The lowest BCUT2D eigenvalue weighted by Gasteiger charge is -2.19. The molecule has 0 saturated heterocycles. The quantitative estimate of drug-likeness (QED) is 0.192. The molecule has 0 atom stereocenters. The summed E-state index contributed by atoms with van der Waals surface area (Å²) in [5.41, 5.74) is 9.08. The van der Waals surface area contributed by atoms with Gasteiger partial charge in [0, 0.05) is 23.5 Å². The van der Waals surface area contributed by atoms with Gasteiger partial charge in [0.2, 0.25) is 0 Å². The van der Waals surface area contributed by atoms with Crippen LogP contribution in [-0.2, 0) is 0 Å². The molecule has 0 aliphatic heterocycles. The highest BCUT2D eigenvalue weighted by Gasteiger charge is 2.18. The van der Waals surface area contributed by atoms with Gasteiger partial charge in [-0.25, -0.2) is 0 Å². The zero-order valence-electron chi connectivity index (χ0n) is 25.1. The molecule has 0 unspecified atom stereocenters. The Morgan fingerprint density at radius 3 is 1.59 bits per heavy atom. The molecule has 0 N–H and O–H groups in total. The van der Waals surface area contributed by atoms with Crippen molar-refractivity contribution >= 4 is 43.1 Å². The van der Waals surface area contributed by atoms with Gasteiger partial charge in [-0.1, -0.05) is 121 Å². The van der Waals surface area contributed by atoms with Crippen molar-refractivity contribution in [3.8, 4) is 44.8 Å². The number of nitrogens with zero attached hydrogens (tertiary/aromatic N) is 2. The Labute approximate surface area is 267 Å². The molecule has 0 spiro atoms. The zero-order chi connectivity index (χ0) is 30.5. The fourth-order valence-corrected chi connectivity index (χ4v) is 7.01. The molecule has 0 aliphatic rings. The van der Waals surface area contributed by atoms with Crippen LogP contribution in [0.15, 0.2) is 170 Å². The van der Waals surface area contributed by atoms with Gasteiger partial charge in [-0.05, 0) is 102 Å². The van der Waals surface area contributed by atoms with Crippen molar-refractivity contribution in [2.75, 3.05) is 0 Å². The van der Waals surface area contributed by atoms with Crippen LogP contribution in [0.1, 0.15) is 0 Å². The fraction of sp³-hybridized carbons (Fsp3) is 0. The predicted molar refractivity (Wildman–Crippen MR) is 194 cm³/mol. The average molecular weight is 585 g/mol. The maximum absolute atomic E-state index is 4.70. The van der Waals surface area contributed by atoms with Crippen LogP contribution in [0.5, 0.6) is 0 Å². The molecule has 7 aromatic carbocycles. The molecule has 0 radical (unpaired) electrons. The molecule has 2 heteroatoms. The number of benzene rings is 7. The number of rotatable bonds is 4. The molecule has 46 heavy (non-hydrogen) atoms. The van der Waals surface area contributed by atoms with E-state index < -0.39 is 0 Å². The number of aromatic nitrogens is 2. The van der Waals surface area contributed by atoms with Crippen molar-refractivity contribution in [3.05, 3.63) is 170 Å². The van der Waals surface area contributed by atoms with E-state index in [-0.39, 0.29) is 0 Å². The summed E-state index contributed by atoms with van der Waals surface area (Å²) >= 11 is 0. The lowest BCUT2D eigenvalue weighted by Crippen LogP contribution is -1.92. The number of hydrogen-bond acceptors (Lipinski definition) is 2. The van der Waals surface area contributed by atoms with Gasteiger partial charge in [-0.15, -0.1) is 0 Å². The number of hydrogen-bond donors (Lipinski definition) is 0. The van der Waals surface area contributed by atoms with Crippen LogP contribution in [0.3, 0.4) is 0 Å². The average Bonchev–Trinajstić information content (AvgIpc) is 3.13. The minimum atomic E-state index is 0.940. The van der Waals surface area contributed by atoms with Crippen LogP contribution < -0.4 is 0 Å². The van der Waals surface area contributed by atoms with Gasteiger partial charge >= 0.3 is 0 Å². The highest BCUT2D eigenvalue weighted by molar-refractivity contribution is 6.23. The molecule has 0 aliphatic carbocycles. The van der Waals surface area contributed by atoms with Crippen LogP contribution in [0, 0.1) is 0 Å². The molecule has 2 heterocycles. The van der Waals surface area contributed by atoms with E-state index in [0.717, 1.165) is 22.5 Å². The van der Waals surface area contributed by atoms with E-state index in [1.807, 2.05) is 36.7 Å². The second-order valence-electron chi connectivity index (χ2n) is 11.8. The summed E-state index contributed by atoms with van der Waals surface area (Å²) in [6.07, 6.45) is 3.69. The van der Waals surface area contributed by atoms with Crippen LogP contribution in [0.2, 0.25) is 0 Å². The maximum Gasteiger partial charge on any atom is 0.0708 e. The van der Waals surface area contributed by atoms with E-state index >= 15 is 0 Å². The molecule has 2 nitrogen and oxygen atoms in total. The van der Waals surface area contributed by atoms with Crippen LogP contribution in [0.25, 0.3) is 87.9 Å². The molecule has 9 rings (SSSR count). The lowest BCUT2D eigenvalue weighted by atomic mass is 9.84. The third kappa shape index (κ3) is 4.35. The highest BCUT2D eigenvalue weighted by Crippen LogP contribution is 2.45. The third-order valence-corrected chi connectivity index (χ3v) is 9.14. The van der Waals surface area contributed by atoms with Crippen LogP contribution in [0.4, 0.5) is 0 Å². The number of pyridine rings is 2. The minimum absolute atomic E-state index is 0.940. The smallest absolute Gasteiger partial charge is 0.0708 e. The van der Waals surface area contributed by atoms with Crippen LogP contribution in [-0.4, -0.2) is 9.97 Å². The summed E-state index contributed by atoms with van der Waals surface area (Å²) in [6.45, 7) is 0. The van der Waals surface area contributed by atoms with E-state index in [1.54, 1.807) is 0 Å². The Kier molecular flexibility index (Phi) is 6.17. The minimum Gasteiger partial charge on any atom is -0.256 e. The second-order valence-corrected chi connectivity index (χ2v) is 11.8. The first-order chi connectivity index (χ1) is 22.8. The summed E-state index contributed by atoms with van der Waals surface area (Å²) in [5.74, 6) is 0. The van der Waals surface area contributed by atoms with Gasteiger partial charge in [0.1, 0.15) is 0 Å². The topological polar surface area (TPSA) is 25.8 Å². The normalized spacial score (nSPS) is 11.5. The Hall–Kier alpha value is -6.12. The molecule has 214 valence electrons. The molecule has 0 fully saturated rings. The SMILES string of the molecule is c1ccc(-c2ccnc(-c3ccc4cc(-c5c6ccccc6c(-c6cccc7ccccc67)c6ccccc56)ccc4c3)c2)nc1. The van der Waals surface area contributed by atoms with Gasteiger partial charge in [0.15, 0.2) is 0 Å². The first-order valence-corrected chi connectivity index (χ1v) is 15.7. The van der Waals surface area contributed by atoms with Gasteiger partial charge < -0.3 is 0 Å². The van der Waals surface area contributed by atoms with Crippen molar-refractivity contribution in [1.29, 1.82) is 0 Å². The van der Waals surface area contributed by atoms with E-state index in [0.29, 0.717) is 0 Å². The predicted octanol–water partition coefficient (Wildman–Crippen LogP) is 11.8. The monoisotopic (exact) mass is 584 g/mol. The van der Waals surface area contributed by atoms with Crippen molar-refractivity contribution in [2.24, 2.45) is 0 Å². The summed E-state index contributed by atoms with van der Waals surface area (Å²) in [6, 6.07) is 56.7. The van der Waals surface area contributed by atoms with Gasteiger partial charge in [0.05, 0.1) is 11.4 Å². The molecular weight excluding hydrogens is 556 g/mol. The van der Waals surface area contributed by atoms with E-state index in [2.05, 4.69) is 138 Å². The second kappa shape index (κ2) is 10.8. The van der Waals surface area contributed by atoms with Crippen molar-refractivity contribution < 1.29 is 0 Å². The van der Waals surface area contributed by atoms with Gasteiger partial charge in [-0.2, -0.15) is 0 Å². The molecule has 0 saturated carbocycles. The highest BCUT2D eigenvalue weighted by atomic mass is 14.7. The van der Waals surface area contributed by atoms with E-state index in [9.17, 15) is 0 Å². The Morgan fingerprint density at radius 1 is 0.304 bits per heavy atom. The maximum atomic E-state index is 4.70. The van der Waals surface area contributed by atoms with Crippen molar-refractivity contribution in [1.82, 2.24) is 9.97 Å². The molecule has 2 aromatic heterocycles. The molecule has 0 bridgehead atoms. The van der Waals surface area contributed by atoms with Crippen molar-refractivity contribution in [2.45, 2.75) is 0 Å². The fourth-order valence-electron chi connectivity index (χ4n) is 7.01. The molecule has 9 aromatic rings. The largest absolute Gasteiger partial charge is 0.256 e. The summed E-state index contributed by atoms with van der Waals surface area (Å²) in [4.78, 5) is 9.22. The number of fused-ring (bicyclic) bond motifs is 4. The summed E-state index contributed by atoms with van der Waals surface area (Å²) < 4.78 is 0. The Morgan fingerprint density at radius 2 is 0.870 bits per heavy atom. The third-order valence-electron chi connectivity index (χ3n) is 9.14. The Balaban J connectivity index is 1.22. The van der Waals surface area contributed by atoms with E-state index in [1.165, 1.54) is 65.3 Å². The molecular formula is C44H28N2.